The van der Waals surface area contributed by atoms with Gasteiger partial charge in [-0.05, 0) is 19.1 Å². The van der Waals surface area contributed by atoms with Gasteiger partial charge in [-0.3, -0.25) is 4.68 Å². The zero-order valence-electron chi connectivity index (χ0n) is 9.27. The van der Waals surface area contributed by atoms with E-state index in [-0.39, 0.29) is 6.10 Å². The standard InChI is InChI=1S/C12H13N3O/c1-7-9-6-15(2)14-11(9)8-4-3-5-10(13)12(8)16-7/h3-7H,13H2,1-2H3. The summed E-state index contributed by atoms with van der Waals surface area (Å²) in [5, 5.41) is 4.47. The molecule has 0 saturated carbocycles. The van der Waals surface area contributed by atoms with E-state index < -0.39 is 0 Å². The van der Waals surface area contributed by atoms with E-state index in [4.69, 9.17) is 10.5 Å². The average molecular weight is 215 g/mol. The predicted octanol–water partition coefficient (Wildman–Crippen LogP) is 2.12. The fraction of sp³-hybridized carbons (Fsp3) is 0.250. The van der Waals surface area contributed by atoms with Gasteiger partial charge >= 0.3 is 0 Å². The highest BCUT2D eigenvalue weighted by atomic mass is 16.5. The van der Waals surface area contributed by atoms with Crippen molar-refractivity contribution in [2.75, 3.05) is 5.73 Å². The second-order valence-electron chi connectivity index (χ2n) is 4.09. The van der Waals surface area contributed by atoms with E-state index in [1.54, 1.807) is 0 Å². The van der Waals surface area contributed by atoms with Crippen molar-refractivity contribution in [2.24, 2.45) is 7.05 Å². The lowest BCUT2D eigenvalue weighted by molar-refractivity contribution is 0.224. The normalized spacial score (nSPS) is 17.5. The fourth-order valence-corrected chi connectivity index (χ4v) is 2.13. The molecule has 0 spiro atoms. The number of nitrogens with zero attached hydrogens (tertiary/aromatic N) is 2. The van der Waals surface area contributed by atoms with Gasteiger partial charge in [0.05, 0.1) is 5.69 Å². The zero-order valence-corrected chi connectivity index (χ0v) is 9.27. The molecular weight excluding hydrogens is 202 g/mol. The topological polar surface area (TPSA) is 53.1 Å². The van der Waals surface area contributed by atoms with Crippen LogP contribution >= 0.6 is 0 Å². The van der Waals surface area contributed by atoms with Gasteiger partial charge in [0.25, 0.3) is 0 Å². The Morgan fingerprint density at radius 3 is 3.06 bits per heavy atom. The molecule has 0 radical (unpaired) electrons. The first-order valence-corrected chi connectivity index (χ1v) is 5.26. The molecule has 2 heterocycles. The van der Waals surface area contributed by atoms with Gasteiger partial charge in [-0.1, -0.05) is 6.07 Å². The molecule has 4 heteroatoms. The maximum Gasteiger partial charge on any atom is 0.152 e. The van der Waals surface area contributed by atoms with Gasteiger partial charge in [-0.15, -0.1) is 0 Å². The zero-order chi connectivity index (χ0) is 11.3. The van der Waals surface area contributed by atoms with Crippen LogP contribution in [-0.2, 0) is 7.05 Å². The summed E-state index contributed by atoms with van der Waals surface area (Å²) in [6.07, 6.45) is 1.99. The van der Waals surface area contributed by atoms with E-state index in [1.807, 2.05) is 43.0 Å². The Balaban J connectivity index is 2.31. The first kappa shape index (κ1) is 9.27. The molecule has 4 nitrogen and oxygen atoms in total. The molecular formula is C12H13N3O. The predicted molar refractivity (Wildman–Crippen MR) is 62.1 cm³/mol. The number of hydrogen-bond acceptors (Lipinski definition) is 3. The molecule has 0 bridgehead atoms. The molecule has 0 saturated heterocycles. The van der Waals surface area contributed by atoms with Crippen LogP contribution in [0, 0.1) is 0 Å². The molecule has 0 amide bonds. The van der Waals surface area contributed by atoms with Gasteiger partial charge in [0.1, 0.15) is 11.8 Å². The van der Waals surface area contributed by atoms with E-state index in [0.717, 1.165) is 22.6 Å². The van der Waals surface area contributed by atoms with Gasteiger partial charge in [0, 0.05) is 24.4 Å². The summed E-state index contributed by atoms with van der Waals surface area (Å²) in [7, 11) is 1.91. The van der Waals surface area contributed by atoms with Crippen molar-refractivity contribution in [1.29, 1.82) is 0 Å². The number of rotatable bonds is 0. The van der Waals surface area contributed by atoms with Crippen LogP contribution in [0.25, 0.3) is 11.3 Å². The van der Waals surface area contributed by atoms with Crippen LogP contribution in [0.15, 0.2) is 24.4 Å². The molecule has 1 aromatic heterocycles. The summed E-state index contributed by atoms with van der Waals surface area (Å²) >= 11 is 0. The molecule has 82 valence electrons. The third-order valence-corrected chi connectivity index (χ3v) is 2.89. The number of aromatic nitrogens is 2. The Bertz CT molecular complexity index is 559. The lowest BCUT2D eigenvalue weighted by Gasteiger charge is -2.23. The lowest BCUT2D eigenvalue weighted by Crippen LogP contribution is -2.11. The minimum atomic E-state index is 0.000833. The molecule has 1 aromatic carbocycles. The second kappa shape index (κ2) is 3.01. The monoisotopic (exact) mass is 215 g/mol. The summed E-state index contributed by atoms with van der Waals surface area (Å²) < 4.78 is 7.63. The number of nitrogens with two attached hydrogens (primary N) is 1. The third kappa shape index (κ3) is 1.13. The highest BCUT2D eigenvalue weighted by molar-refractivity contribution is 5.78. The Labute approximate surface area is 93.6 Å². The van der Waals surface area contributed by atoms with E-state index in [0.29, 0.717) is 5.69 Å². The molecule has 1 aliphatic rings. The number of benzene rings is 1. The fourth-order valence-electron chi connectivity index (χ4n) is 2.13. The SMILES string of the molecule is CC1Oc2c(N)cccc2-c2nn(C)cc21. The van der Waals surface area contributed by atoms with Crippen LogP contribution in [0.4, 0.5) is 5.69 Å². The number of para-hydroxylation sites is 1. The van der Waals surface area contributed by atoms with Crippen molar-refractivity contribution < 1.29 is 4.74 Å². The van der Waals surface area contributed by atoms with Crippen LogP contribution < -0.4 is 10.5 Å². The van der Waals surface area contributed by atoms with Gasteiger partial charge < -0.3 is 10.5 Å². The van der Waals surface area contributed by atoms with Gasteiger partial charge in [-0.25, -0.2) is 0 Å². The van der Waals surface area contributed by atoms with E-state index in [1.165, 1.54) is 0 Å². The van der Waals surface area contributed by atoms with Crippen LogP contribution in [0.1, 0.15) is 18.6 Å². The molecule has 1 unspecified atom stereocenters. The average Bonchev–Trinajstić information content (AvgIpc) is 2.63. The minimum absolute atomic E-state index is 0.000833. The number of aryl methyl sites for hydroxylation is 1. The molecule has 2 aromatic rings. The van der Waals surface area contributed by atoms with Crippen molar-refractivity contribution in [1.82, 2.24) is 9.78 Å². The third-order valence-electron chi connectivity index (χ3n) is 2.89. The van der Waals surface area contributed by atoms with E-state index in [9.17, 15) is 0 Å². The number of anilines is 1. The van der Waals surface area contributed by atoms with Gasteiger partial charge in [0.15, 0.2) is 5.75 Å². The van der Waals surface area contributed by atoms with Crippen LogP contribution in [0.5, 0.6) is 5.75 Å². The number of hydrogen-bond donors (Lipinski definition) is 1. The van der Waals surface area contributed by atoms with Crippen molar-refractivity contribution >= 4 is 5.69 Å². The van der Waals surface area contributed by atoms with E-state index >= 15 is 0 Å². The summed E-state index contributed by atoms with van der Waals surface area (Å²) in [5.74, 6) is 0.751. The number of ether oxygens (including phenoxy) is 1. The minimum Gasteiger partial charge on any atom is -0.483 e. The molecule has 2 N–H and O–H groups in total. The van der Waals surface area contributed by atoms with Crippen molar-refractivity contribution in [2.45, 2.75) is 13.0 Å². The number of nitrogen functional groups attached to an aromatic ring is 1. The molecule has 1 atom stereocenters. The maximum absolute atomic E-state index is 5.91. The molecule has 0 aliphatic carbocycles. The van der Waals surface area contributed by atoms with Crippen molar-refractivity contribution in [3.05, 3.63) is 30.0 Å². The lowest BCUT2D eigenvalue weighted by atomic mass is 10.0. The Morgan fingerprint density at radius 2 is 2.25 bits per heavy atom. The van der Waals surface area contributed by atoms with E-state index in [2.05, 4.69) is 5.10 Å². The van der Waals surface area contributed by atoms with Crippen LogP contribution in [0.3, 0.4) is 0 Å². The largest absolute Gasteiger partial charge is 0.483 e. The van der Waals surface area contributed by atoms with Crippen LogP contribution in [0.2, 0.25) is 0 Å². The summed E-state index contributed by atoms with van der Waals surface area (Å²) in [5.41, 5.74) is 9.64. The summed E-state index contributed by atoms with van der Waals surface area (Å²) in [6, 6.07) is 5.76. The second-order valence-corrected chi connectivity index (χ2v) is 4.09. The quantitative estimate of drug-likeness (QED) is 0.685. The Kier molecular flexibility index (Phi) is 1.74. The van der Waals surface area contributed by atoms with Gasteiger partial charge in [-0.2, -0.15) is 5.10 Å². The smallest absolute Gasteiger partial charge is 0.152 e. The molecule has 16 heavy (non-hydrogen) atoms. The Hall–Kier alpha value is -1.97. The van der Waals surface area contributed by atoms with Crippen LogP contribution in [-0.4, -0.2) is 9.78 Å². The molecule has 3 rings (SSSR count). The molecule has 0 fully saturated rings. The highest BCUT2D eigenvalue weighted by Crippen LogP contribution is 2.44. The maximum atomic E-state index is 5.91. The Morgan fingerprint density at radius 1 is 1.44 bits per heavy atom. The van der Waals surface area contributed by atoms with Crippen molar-refractivity contribution in [3.8, 4) is 17.0 Å². The first-order valence-electron chi connectivity index (χ1n) is 5.26. The van der Waals surface area contributed by atoms with Gasteiger partial charge in [0.2, 0.25) is 0 Å². The molecule has 1 aliphatic heterocycles. The highest BCUT2D eigenvalue weighted by Gasteiger charge is 2.27. The summed E-state index contributed by atoms with van der Waals surface area (Å²) in [6.45, 7) is 2.01. The first-order chi connectivity index (χ1) is 7.66. The number of fused-ring (bicyclic) bond motifs is 3. The van der Waals surface area contributed by atoms with Crippen molar-refractivity contribution in [3.63, 3.8) is 0 Å². The summed E-state index contributed by atoms with van der Waals surface area (Å²) in [4.78, 5) is 0.